The summed E-state index contributed by atoms with van der Waals surface area (Å²) in [7, 11) is -2.33. The standard InChI is InChI=1S/C11H23N3O4S/c1-3-18-11(15)13-19(16,17)14(2)9-6-10-4-7-12-8-5-10/h10,12H,3-9H2,1-2H3,(H,13,15). The molecule has 0 atom stereocenters. The predicted molar refractivity (Wildman–Crippen MR) is 71.9 cm³/mol. The van der Waals surface area contributed by atoms with Gasteiger partial charge in [0.2, 0.25) is 0 Å². The Kier molecular flexibility index (Phi) is 6.53. The molecule has 1 aliphatic heterocycles. The lowest BCUT2D eigenvalue weighted by atomic mass is 9.95. The Bertz CT molecular complexity index is 379. The van der Waals surface area contributed by atoms with Gasteiger partial charge in [0, 0.05) is 13.6 Å². The molecule has 1 fully saturated rings. The highest BCUT2D eigenvalue weighted by molar-refractivity contribution is 7.87. The molecule has 0 aromatic heterocycles. The van der Waals surface area contributed by atoms with E-state index in [1.54, 1.807) is 6.92 Å². The van der Waals surface area contributed by atoms with Crippen LogP contribution in [0.25, 0.3) is 0 Å². The summed E-state index contributed by atoms with van der Waals surface area (Å²) in [5.41, 5.74) is 0. The number of piperidine rings is 1. The fourth-order valence-corrected chi connectivity index (χ4v) is 2.77. The Morgan fingerprint density at radius 1 is 1.42 bits per heavy atom. The average Bonchev–Trinajstić information content (AvgIpc) is 2.36. The summed E-state index contributed by atoms with van der Waals surface area (Å²) in [4.78, 5) is 11.1. The number of carbonyl (C=O) groups excluding carboxylic acids is 1. The minimum Gasteiger partial charge on any atom is -0.449 e. The first-order valence-electron chi connectivity index (χ1n) is 6.57. The van der Waals surface area contributed by atoms with E-state index in [0.717, 1.165) is 36.7 Å². The van der Waals surface area contributed by atoms with Crippen LogP contribution in [0.15, 0.2) is 0 Å². The van der Waals surface area contributed by atoms with E-state index in [-0.39, 0.29) is 6.61 Å². The molecular weight excluding hydrogens is 270 g/mol. The molecular formula is C11H23N3O4S. The van der Waals surface area contributed by atoms with Gasteiger partial charge in [0.25, 0.3) is 0 Å². The molecule has 0 saturated carbocycles. The topological polar surface area (TPSA) is 87.7 Å². The molecule has 1 aliphatic rings. The van der Waals surface area contributed by atoms with Gasteiger partial charge >= 0.3 is 16.3 Å². The Morgan fingerprint density at radius 2 is 2.05 bits per heavy atom. The monoisotopic (exact) mass is 293 g/mol. The van der Waals surface area contributed by atoms with Crippen molar-refractivity contribution in [1.82, 2.24) is 14.3 Å². The predicted octanol–water partition coefficient (Wildman–Crippen LogP) is 0.299. The number of hydrogen-bond donors (Lipinski definition) is 2. The molecule has 1 amide bonds. The SMILES string of the molecule is CCOC(=O)NS(=O)(=O)N(C)CCC1CCNCC1. The molecule has 112 valence electrons. The van der Waals surface area contributed by atoms with E-state index < -0.39 is 16.3 Å². The third-order valence-corrected chi connectivity index (χ3v) is 4.64. The largest absolute Gasteiger partial charge is 0.449 e. The maximum atomic E-state index is 11.8. The molecule has 0 radical (unpaired) electrons. The molecule has 0 aromatic rings. The summed E-state index contributed by atoms with van der Waals surface area (Å²) in [6, 6.07) is 0. The van der Waals surface area contributed by atoms with Gasteiger partial charge < -0.3 is 10.1 Å². The van der Waals surface area contributed by atoms with Crippen LogP contribution >= 0.6 is 0 Å². The van der Waals surface area contributed by atoms with Crippen molar-refractivity contribution >= 4 is 16.3 Å². The molecule has 0 unspecified atom stereocenters. The Balaban J connectivity index is 2.37. The Morgan fingerprint density at radius 3 is 2.63 bits per heavy atom. The van der Waals surface area contributed by atoms with Crippen molar-refractivity contribution in [1.29, 1.82) is 0 Å². The number of hydrogen-bond acceptors (Lipinski definition) is 5. The van der Waals surface area contributed by atoms with Gasteiger partial charge in [-0.25, -0.2) is 9.52 Å². The summed E-state index contributed by atoms with van der Waals surface area (Å²) in [5, 5.41) is 3.27. The number of nitrogens with one attached hydrogen (secondary N) is 2. The van der Waals surface area contributed by atoms with Gasteiger partial charge in [-0.05, 0) is 45.2 Å². The van der Waals surface area contributed by atoms with Gasteiger partial charge in [-0.1, -0.05) is 0 Å². The van der Waals surface area contributed by atoms with Gasteiger partial charge in [0.1, 0.15) is 0 Å². The van der Waals surface area contributed by atoms with E-state index in [4.69, 9.17) is 0 Å². The molecule has 7 nitrogen and oxygen atoms in total. The smallest absolute Gasteiger partial charge is 0.421 e. The van der Waals surface area contributed by atoms with Crippen LogP contribution in [0.5, 0.6) is 0 Å². The van der Waals surface area contributed by atoms with E-state index in [1.807, 2.05) is 4.72 Å². The number of ether oxygens (including phenoxy) is 1. The van der Waals surface area contributed by atoms with Crippen LogP contribution < -0.4 is 10.0 Å². The van der Waals surface area contributed by atoms with Crippen molar-refractivity contribution in [3.63, 3.8) is 0 Å². The van der Waals surface area contributed by atoms with Crippen LogP contribution in [0.4, 0.5) is 4.79 Å². The molecule has 1 rings (SSSR count). The summed E-state index contributed by atoms with van der Waals surface area (Å²) >= 11 is 0. The van der Waals surface area contributed by atoms with Crippen molar-refractivity contribution in [2.24, 2.45) is 5.92 Å². The number of rotatable bonds is 6. The number of carbonyl (C=O) groups is 1. The highest BCUT2D eigenvalue weighted by Gasteiger charge is 2.22. The first-order valence-corrected chi connectivity index (χ1v) is 8.01. The minimum absolute atomic E-state index is 0.139. The fraction of sp³-hybridized carbons (Fsp3) is 0.909. The summed E-state index contributed by atoms with van der Waals surface area (Å²) in [5.74, 6) is 0.543. The van der Waals surface area contributed by atoms with Gasteiger partial charge in [0.05, 0.1) is 6.61 Å². The van der Waals surface area contributed by atoms with Crippen molar-refractivity contribution in [2.45, 2.75) is 26.2 Å². The van der Waals surface area contributed by atoms with Crippen molar-refractivity contribution in [3.8, 4) is 0 Å². The lowest BCUT2D eigenvalue weighted by Gasteiger charge is -2.24. The normalized spacial score (nSPS) is 17.4. The van der Waals surface area contributed by atoms with Crippen LogP contribution in [-0.4, -0.2) is 52.1 Å². The average molecular weight is 293 g/mol. The summed E-state index contributed by atoms with van der Waals surface area (Å²) in [6.07, 6.45) is 2.01. The quantitative estimate of drug-likeness (QED) is 0.735. The van der Waals surface area contributed by atoms with Crippen LogP contribution in [-0.2, 0) is 14.9 Å². The second kappa shape index (κ2) is 7.66. The van der Waals surface area contributed by atoms with Crippen molar-refractivity contribution in [2.75, 3.05) is 33.3 Å². The second-order valence-corrected chi connectivity index (χ2v) is 6.41. The van der Waals surface area contributed by atoms with Crippen LogP contribution in [0.3, 0.4) is 0 Å². The van der Waals surface area contributed by atoms with E-state index in [9.17, 15) is 13.2 Å². The van der Waals surface area contributed by atoms with Crippen molar-refractivity contribution in [3.05, 3.63) is 0 Å². The number of amides is 1. The molecule has 0 bridgehead atoms. The summed E-state index contributed by atoms with van der Waals surface area (Å²) < 4.78 is 31.2. The minimum atomic E-state index is -3.79. The van der Waals surface area contributed by atoms with Crippen LogP contribution in [0.2, 0.25) is 0 Å². The molecule has 2 N–H and O–H groups in total. The first-order chi connectivity index (χ1) is 8.95. The third-order valence-electron chi connectivity index (χ3n) is 3.21. The number of nitrogens with zero attached hydrogens (tertiary/aromatic N) is 1. The molecule has 19 heavy (non-hydrogen) atoms. The fourth-order valence-electron chi connectivity index (χ4n) is 2.00. The van der Waals surface area contributed by atoms with Gasteiger partial charge in [-0.2, -0.15) is 12.7 Å². The Hall–Kier alpha value is -0.860. The third kappa shape index (κ3) is 5.75. The van der Waals surface area contributed by atoms with E-state index in [1.165, 1.54) is 7.05 Å². The molecule has 1 saturated heterocycles. The highest BCUT2D eigenvalue weighted by atomic mass is 32.2. The maximum absolute atomic E-state index is 11.8. The zero-order valence-electron chi connectivity index (χ0n) is 11.5. The molecule has 0 aromatic carbocycles. The van der Waals surface area contributed by atoms with E-state index >= 15 is 0 Å². The first kappa shape index (κ1) is 16.2. The van der Waals surface area contributed by atoms with Gasteiger partial charge in [-0.3, -0.25) is 0 Å². The van der Waals surface area contributed by atoms with E-state index in [0.29, 0.717) is 12.5 Å². The Labute approximate surface area is 114 Å². The van der Waals surface area contributed by atoms with Crippen molar-refractivity contribution < 1.29 is 17.9 Å². The highest BCUT2D eigenvalue weighted by Crippen LogP contribution is 2.16. The second-order valence-electron chi connectivity index (χ2n) is 4.63. The van der Waals surface area contributed by atoms with Crippen LogP contribution in [0, 0.1) is 5.92 Å². The van der Waals surface area contributed by atoms with Crippen LogP contribution in [0.1, 0.15) is 26.2 Å². The maximum Gasteiger partial charge on any atom is 0.421 e. The molecule has 0 aliphatic carbocycles. The summed E-state index contributed by atoms with van der Waals surface area (Å²) in [6.45, 7) is 4.14. The zero-order chi connectivity index (χ0) is 14.3. The van der Waals surface area contributed by atoms with Gasteiger partial charge in [0.15, 0.2) is 0 Å². The molecule has 8 heteroatoms. The molecule has 0 spiro atoms. The lowest BCUT2D eigenvalue weighted by Crippen LogP contribution is -2.42. The zero-order valence-corrected chi connectivity index (χ0v) is 12.3. The molecule has 1 heterocycles. The van der Waals surface area contributed by atoms with E-state index in [2.05, 4.69) is 10.1 Å². The lowest BCUT2D eigenvalue weighted by molar-refractivity contribution is 0.158. The van der Waals surface area contributed by atoms with Gasteiger partial charge in [-0.15, -0.1) is 0 Å².